The summed E-state index contributed by atoms with van der Waals surface area (Å²) < 4.78 is 0.979. The van der Waals surface area contributed by atoms with Crippen molar-refractivity contribution in [3.63, 3.8) is 0 Å². The molecule has 1 aliphatic heterocycles. The molecule has 1 aromatic carbocycles. The van der Waals surface area contributed by atoms with Crippen molar-refractivity contribution in [2.75, 3.05) is 26.2 Å². The molecule has 0 aromatic heterocycles. The highest BCUT2D eigenvalue weighted by Gasteiger charge is 2.21. The number of halogens is 3. The van der Waals surface area contributed by atoms with Gasteiger partial charge in [0, 0.05) is 36.2 Å². The zero-order valence-electron chi connectivity index (χ0n) is 10.5. The number of rotatable bonds is 3. The lowest BCUT2D eigenvalue weighted by atomic mass is 10.0. The van der Waals surface area contributed by atoms with Crippen molar-refractivity contribution >= 4 is 40.7 Å². The summed E-state index contributed by atoms with van der Waals surface area (Å²) in [4.78, 5) is 2.32. The Kier molecular flexibility index (Phi) is 8.70. The van der Waals surface area contributed by atoms with Crippen LogP contribution in [0.3, 0.4) is 0 Å². The lowest BCUT2D eigenvalue weighted by molar-refractivity contribution is 0.201. The molecule has 2 N–H and O–H groups in total. The van der Waals surface area contributed by atoms with Gasteiger partial charge in [0.25, 0.3) is 0 Å². The third kappa shape index (κ3) is 4.65. The lowest BCUT2D eigenvalue weighted by Crippen LogP contribution is -2.44. The molecule has 2 rings (SSSR count). The van der Waals surface area contributed by atoms with Crippen LogP contribution >= 0.6 is 40.7 Å². The second-order valence-electron chi connectivity index (χ2n) is 4.17. The van der Waals surface area contributed by atoms with E-state index in [9.17, 15) is 5.11 Å². The molecule has 1 fully saturated rings. The van der Waals surface area contributed by atoms with Crippen LogP contribution in [0.2, 0.25) is 0 Å². The summed E-state index contributed by atoms with van der Waals surface area (Å²) in [6.45, 7) is 7.82. The largest absolute Gasteiger partial charge is 0.508 e. The molecule has 1 aliphatic rings. The first-order valence-electron chi connectivity index (χ1n) is 5.78. The normalized spacial score (nSPS) is 16.9. The SMILES string of the molecule is C=C[C@H](c1cc(Br)ccc1O)N1CCNCC1.Cl.Cl. The zero-order chi connectivity index (χ0) is 12.3. The van der Waals surface area contributed by atoms with Gasteiger partial charge in [0.1, 0.15) is 5.75 Å². The Morgan fingerprint density at radius 1 is 1.32 bits per heavy atom. The number of phenolic OH excluding ortho intramolecular Hbond substituents is 1. The molecule has 0 spiro atoms. The Morgan fingerprint density at radius 3 is 2.53 bits per heavy atom. The van der Waals surface area contributed by atoms with E-state index in [0.717, 1.165) is 36.2 Å². The maximum atomic E-state index is 9.96. The fraction of sp³-hybridized carbons (Fsp3) is 0.385. The summed E-state index contributed by atoms with van der Waals surface area (Å²) in [5.74, 6) is 0.330. The van der Waals surface area contributed by atoms with Crippen LogP contribution in [-0.4, -0.2) is 36.2 Å². The van der Waals surface area contributed by atoms with Gasteiger partial charge in [-0.15, -0.1) is 31.4 Å². The van der Waals surface area contributed by atoms with Gasteiger partial charge < -0.3 is 10.4 Å². The van der Waals surface area contributed by atoms with E-state index in [4.69, 9.17) is 0 Å². The van der Waals surface area contributed by atoms with Crippen molar-refractivity contribution in [1.82, 2.24) is 10.2 Å². The monoisotopic (exact) mass is 368 g/mol. The van der Waals surface area contributed by atoms with Crippen molar-refractivity contribution in [3.8, 4) is 5.75 Å². The molecular formula is C13H19BrCl2N2O. The van der Waals surface area contributed by atoms with Gasteiger partial charge in [0.15, 0.2) is 0 Å². The maximum absolute atomic E-state index is 9.96. The molecule has 108 valence electrons. The number of piperazine rings is 1. The van der Waals surface area contributed by atoms with Crippen molar-refractivity contribution in [1.29, 1.82) is 0 Å². The molecule has 3 nitrogen and oxygen atoms in total. The number of benzene rings is 1. The molecule has 0 aliphatic carbocycles. The van der Waals surface area contributed by atoms with Gasteiger partial charge in [-0.25, -0.2) is 0 Å². The van der Waals surface area contributed by atoms with Gasteiger partial charge in [-0.3, -0.25) is 4.90 Å². The first kappa shape index (κ1) is 18.7. The Bertz CT molecular complexity index is 412. The first-order chi connectivity index (χ1) is 8.22. The van der Waals surface area contributed by atoms with Crippen LogP contribution in [0, 0.1) is 0 Å². The molecule has 0 bridgehead atoms. The minimum atomic E-state index is 0. The van der Waals surface area contributed by atoms with E-state index in [0.29, 0.717) is 5.75 Å². The van der Waals surface area contributed by atoms with Crippen molar-refractivity contribution < 1.29 is 5.11 Å². The van der Waals surface area contributed by atoms with Crippen LogP contribution in [0.5, 0.6) is 5.75 Å². The van der Waals surface area contributed by atoms with E-state index in [1.165, 1.54) is 0 Å². The van der Waals surface area contributed by atoms with Crippen LogP contribution in [0.15, 0.2) is 35.3 Å². The molecule has 0 radical (unpaired) electrons. The Balaban J connectivity index is 0.00000162. The Hall–Kier alpha value is -0.260. The number of hydrogen-bond acceptors (Lipinski definition) is 3. The molecule has 1 atom stereocenters. The zero-order valence-corrected chi connectivity index (χ0v) is 13.7. The maximum Gasteiger partial charge on any atom is 0.120 e. The predicted octanol–water partition coefficient (Wildman–Crippen LogP) is 3.13. The Morgan fingerprint density at radius 2 is 1.95 bits per heavy atom. The van der Waals surface area contributed by atoms with E-state index in [1.807, 2.05) is 18.2 Å². The predicted molar refractivity (Wildman–Crippen MR) is 87.7 cm³/mol. The number of nitrogens with zero attached hydrogens (tertiary/aromatic N) is 1. The fourth-order valence-electron chi connectivity index (χ4n) is 2.20. The molecule has 0 saturated carbocycles. The third-order valence-corrected chi connectivity index (χ3v) is 3.57. The van der Waals surface area contributed by atoms with E-state index in [1.54, 1.807) is 6.07 Å². The van der Waals surface area contributed by atoms with Crippen molar-refractivity contribution in [2.45, 2.75) is 6.04 Å². The molecule has 6 heteroatoms. The molecule has 1 aromatic rings. The average Bonchev–Trinajstić information content (AvgIpc) is 2.36. The van der Waals surface area contributed by atoms with Gasteiger partial charge in [-0.2, -0.15) is 0 Å². The fourth-order valence-corrected chi connectivity index (χ4v) is 2.57. The standard InChI is InChI=1S/C13H17BrN2O.2ClH/c1-2-12(16-7-5-15-6-8-16)11-9-10(14)3-4-13(11)17;;/h2-4,9,12,15,17H,1,5-8H2;2*1H/t12-;;/m1../s1. The van der Waals surface area contributed by atoms with Crippen LogP contribution in [0.25, 0.3) is 0 Å². The third-order valence-electron chi connectivity index (χ3n) is 3.08. The molecular weight excluding hydrogens is 351 g/mol. The number of hydrogen-bond donors (Lipinski definition) is 2. The highest BCUT2D eigenvalue weighted by atomic mass is 79.9. The van der Waals surface area contributed by atoms with Crippen LogP contribution in [0.1, 0.15) is 11.6 Å². The van der Waals surface area contributed by atoms with E-state index < -0.39 is 0 Å². The molecule has 0 amide bonds. The van der Waals surface area contributed by atoms with Crippen LogP contribution in [0.4, 0.5) is 0 Å². The molecule has 0 unspecified atom stereocenters. The summed E-state index contributed by atoms with van der Waals surface area (Å²) >= 11 is 3.44. The van der Waals surface area contributed by atoms with E-state index >= 15 is 0 Å². The summed E-state index contributed by atoms with van der Waals surface area (Å²) in [5.41, 5.74) is 0.913. The topological polar surface area (TPSA) is 35.5 Å². The van der Waals surface area contributed by atoms with Gasteiger partial charge in [0.2, 0.25) is 0 Å². The highest BCUT2D eigenvalue weighted by molar-refractivity contribution is 9.10. The van der Waals surface area contributed by atoms with Gasteiger partial charge in [-0.05, 0) is 18.2 Å². The smallest absolute Gasteiger partial charge is 0.120 e. The summed E-state index contributed by atoms with van der Waals surface area (Å²) in [6.07, 6.45) is 1.90. The summed E-state index contributed by atoms with van der Waals surface area (Å²) in [7, 11) is 0. The summed E-state index contributed by atoms with van der Waals surface area (Å²) in [6, 6.07) is 5.60. The summed E-state index contributed by atoms with van der Waals surface area (Å²) in [5, 5.41) is 13.3. The van der Waals surface area contributed by atoms with E-state index in [-0.39, 0.29) is 30.9 Å². The second kappa shape index (κ2) is 8.82. The minimum Gasteiger partial charge on any atom is -0.508 e. The van der Waals surface area contributed by atoms with Crippen LogP contribution in [-0.2, 0) is 0 Å². The molecule has 1 heterocycles. The average molecular weight is 370 g/mol. The lowest BCUT2D eigenvalue weighted by Gasteiger charge is -2.33. The van der Waals surface area contributed by atoms with Gasteiger partial charge in [0.05, 0.1) is 6.04 Å². The molecule has 19 heavy (non-hydrogen) atoms. The van der Waals surface area contributed by atoms with Gasteiger partial charge in [-0.1, -0.05) is 22.0 Å². The van der Waals surface area contributed by atoms with Crippen LogP contribution < -0.4 is 5.32 Å². The van der Waals surface area contributed by atoms with Gasteiger partial charge >= 0.3 is 0 Å². The Labute approximate surface area is 135 Å². The quantitative estimate of drug-likeness (QED) is 0.803. The minimum absolute atomic E-state index is 0. The highest BCUT2D eigenvalue weighted by Crippen LogP contribution is 2.32. The van der Waals surface area contributed by atoms with Crippen molar-refractivity contribution in [3.05, 3.63) is 40.9 Å². The number of phenols is 1. The first-order valence-corrected chi connectivity index (χ1v) is 6.57. The second-order valence-corrected chi connectivity index (χ2v) is 5.09. The molecule has 1 saturated heterocycles. The number of aromatic hydroxyl groups is 1. The van der Waals surface area contributed by atoms with Crippen molar-refractivity contribution in [2.24, 2.45) is 0 Å². The number of nitrogens with one attached hydrogen (secondary N) is 1. The van der Waals surface area contributed by atoms with E-state index in [2.05, 4.69) is 32.7 Å².